The number of carboxylic acid groups (broad SMARTS) is 1. The number of carbonyl (C=O) groups is 1. The minimum Gasteiger partial charge on any atom is -0.478 e. The van der Waals surface area contributed by atoms with Gasteiger partial charge in [0.15, 0.2) is 0 Å². The SMILES string of the molecule is O=C(O)c1cc(C(F)(F)F)oc1C(F)(F)F. The molecule has 1 heterocycles. The summed E-state index contributed by atoms with van der Waals surface area (Å²) in [7, 11) is 0. The Labute approximate surface area is 83.3 Å². The van der Waals surface area contributed by atoms with E-state index in [1.54, 1.807) is 0 Å². The van der Waals surface area contributed by atoms with E-state index in [2.05, 4.69) is 4.42 Å². The molecule has 0 aliphatic carbocycles. The van der Waals surface area contributed by atoms with Gasteiger partial charge in [-0.2, -0.15) is 26.3 Å². The van der Waals surface area contributed by atoms with Gasteiger partial charge in [0.2, 0.25) is 11.5 Å². The summed E-state index contributed by atoms with van der Waals surface area (Å²) in [6.07, 6.45) is -10.5. The number of halogens is 6. The quantitative estimate of drug-likeness (QED) is 0.777. The third kappa shape index (κ3) is 2.28. The lowest BCUT2D eigenvalue weighted by atomic mass is 10.2. The number of alkyl halides is 6. The van der Waals surface area contributed by atoms with Gasteiger partial charge in [-0.05, 0) is 0 Å². The van der Waals surface area contributed by atoms with E-state index in [0.29, 0.717) is 0 Å². The van der Waals surface area contributed by atoms with E-state index >= 15 is 0 Å². The monoisotopic (exact) mass is 248 g/mol. The Morgan fingerprint density at radius 1 is 1.12 bits per heavy atom. The molecule has 0 aromatic carbocycles. The second-order valence-corrected chi connectivity index (χ2v) is 2.65. The molecule has 0 saturated heterocycles. The van der Waals surface area contributed by atoms with Gasteiger partial charge >= 0.3 is 18.3 Å². The third-order valence-electron chi connectivity index (χ3n) is 1.50. The molecule has 0 radical (unpaired) electrons. The van der Waals surface area contributed by atoms with Crippen LogP contribution in [0, 0.1) is 0 Å². The summed E-state index contributed by atoms with van der Waals surface area (Å²) in [4.78, 5) is 10.3. The van der Waals surface area contributed by atoms with E-state index < -0.39 is 35.4 Å². The van der Waals surface area contributed by atoms with Gasteiger partial charge in [0.25, 0.3) is 0 Å². The predicted octanol–water partition coefficient (Wildman–Crippen LogP) is 3.02. The first kappa shape index (κ1) is 12.4. The van der Waals surface area contributed by atoms with E-state index in [1.165, 1.54) is 0 Å². The maximum atomic E-state index is 12.1. The van der Waals surface area contributed by atoms with Crippen LogP contribution in [0.15, 0.2) is 10.5 Å². The Bertz CT molecular complexity index is 413. The fraction of sp³-hybridized carbons (Fsp3) is 0.286. The van der Waals surface area contributed by atoms with Crippen LogP contribution in [0.5, 0.6) is 0 Å². The van der Waals surface area contributed by atoms with Gasteiger partial charge in [-0.15, -0.1) is 0 Å². The van der Waals surface area contributed by atoms with E-state index in [1.807, 2.05) is 0 Å². The summed E-state index contributed by atoms with van der Waals surface area (Å²) in [5.41, 5.74) is -1.57. The second kappa shape index (κ2) is 3.42. The summed E-state index contributed by atoms with van der Waals surface area (Å²) in [6.45, 7) is 0. The fourth-order valence-electron chi connectivity index (χ4n) is 0.900. The van der Waals surface area contributed by atoms with Crippen LogP contribution in [-0.2, 0) is 12.4 Å². The Morgan fingerprint density at radius 3 is 1.88 bits per heavy atom. The van der Waals surface area contributed by atoms with Gasteiger partial charge in [-0.25, -0.2) is 4.79 Å². The van der Waals surface area contributed by atoms with Crippen molar-refractivity contribution < 1.29 is 40.7 Å². The van der Waals surface area contributed by atoms with Crippen molar-refractivity contribution in [3.8, 4) is 0 Å². The number of furan rings is 1. The fourth-order valence-corrected chi connectivity index (χ4v) is 0.900. The first-order valence-corrected chi connectivity index (χ1v) is 3.55. The number of rotatable bonds is 1. The van der Waals surface area contributed by atoms with Crippen LogP contribution in [0.2, 0.25) is 0 Å². The van der Waals surface area contributed by atoms with Gasteiger partial charge in [0.05, 0.1) is 0 Å². The molecule has 90 valence electrons. The highest BCUT2D eigenvalue weighted by Crippen LogP contribution is 2.39. The van der Waals surface area contributed by atoms with E-state index in [-0.39, 0.29) is 6.07 Å². The summed E-state index contributed by atoms with van der Waals surface area (Å²) in [5.74, 6) is -6.32. The topological polar surface area (TPSA) is 50.4 Å². The van der Waals surface area contributed by atoms with E-state index in [4.69, 9.17) is 5.11 Å². The van der Waals surface area contributed by atoms with Gasteiger partial charge in [-0.3, -0.25) is 0 Å². The molecular formula is C7H2F6O3. The van der Waals surface area contributed by atoms with Gasteiger partial charge in [-0.1, -0.05) is 0 Å². The molecule has 0 aliphatic heterocycles. The van der Waals surface area contributed by atoms with Crippen LogP contribution in [0.3, 0.4) is 0 Å². The molecule has 1 aromatic rings. The van der Waals surface area contributed by atoms with Crippen molar-refractivity contribution in [1.29, 1.82) is 0 Å². The van der Waals surface area contributed by atoms with Crippen molar-refractivity contribution in [2.75, 3.05) is 0 Å². The van der Waals surface area contributed by atoms with Crippen molar-refractivity contribution in [3.63, 3.8) is 0 Å². The molecule has 3 nitrogen and oxygen atoms in total. The molecule has 0 spiro atoms. The first-order chi connectivity index (χ1) is 7.03. The molecule has 0 fully saturated rings. The Kier molecular flexibility index (Phi) is 2.65. The predicted molar refractivity (Wildman–Crippen MR) is 35.7 cm³/mol. The third-order valence-corrected chi connectivity index (χ3v) is 1.50. The molecule has 0 unspecified atom stereocenters. The summed E-state index contributed by atoms with van der Waals surface area (Å²) in [5, 5.41) is 8.28. The normalized spacial score (nSPS) is 12.9. The minimum atomic E-state index is -5.29. The maximum Gasteiger partial charge on any atom is 0.450 e. The van der Waals surface area contributed by atoms with Gasteiger partial charge < -0.3 is 9.52 Å². The lowest BCUT2D eigenvalue weighted by Crippen LogP contribution is -2.09. The zero-order valence-electron chi connectivity index (χ0n) is 7.11. The molecule has 0 saturated carbocycles. The molecule has 16 heavy (non-hydrogen) atoms. The Hall–Kier alpha value is -1.67. The van der Waals surface area contributed by atoms with Crippen LogP contribution in [0.25, 0.3) is 0 Å². The molecular weight excluding hydrogens is 246 g/mol. The van der Waals surface area contributed by atoms with Crippen molar-refractivity contribution in [2.45, 2.75) is 12.4 Å². The highest BCUT2D eigenvalue weighted by molar-refractivity contribution is 5.89. The molecule has 1 rings (SSSR count). The van der Waals surface area contributed by atoms with Gasteiger partial charge in [0, 0.05) is 6.07 Å². The minimum absolute atomic E-state index is 0.203. The molecule has 0 aliphatic rings. The van der Waals surface area contributed by atoms with Gasteiger partial charge in [0.1, 0.15) is 5.56 Å². The van der Waals surface area contributed by atoms with Crippen LogP contribution >= 0.6 is 0 Å². The lowest BCUT2D eigenvalue weighted by molar-refractivity contribution is -0.171. The standard InChI is InChI=1S/C7H2F6O3/c8-6(9,10)3-1-2(5(14)15)4(16-3)7(11,12)13/h1H,(H,14,15). The largest absolute Gasteiger partial charge is 0.478 e. The van der Waals surface area contributed by atoms with Crippen molar-refractivity contribution in [2.24, 2.45) is 0 Å². The lowest BCUT2D eigenvalue weighted by Gasteiger charge is -2.04. The highest BCUT2D eigenvalue weighted by atomic mass is 19.4. The first-order valence-electron chi connectivity index (χ1n) is 3.55. The van der Waals surface area contributed by atoms with Crippen LogP contribution in [0.1, 0.15) is 21.9 Å². The average Bonchev–Trinajstić information content (AvgIpc) is 2.44. The Balaban J connectivity index is 3.38. The number of aromatic carboxylic acids is 1. The summed E-state index contributed by atoms with van der Waals surface area (Å²) < 4.78 is 75.7. The smallest absolute Gasteiger partial charge is 0.450 e. The van der Waals surface area contributed by atoms with Crippen LogP contribution < -0.4 is 0 Å². The van der Waals surface area contributed by atoms with Crippen molar-refractivity contribution in [1.82, 2.24) is 0 Å². The van der Waals surface area contributed by atoms with Crippen LogP contribution in [-0.4, -0.2) is 11.1 Å². The second-order valence-electron chi connectivity index (χ2n) is 2.65. The molecule has 0 bridgehead atoms. The molecule has 1 aromatic heterocycles. The zero-order chi connectivity index (χ0) is 12.7. The maximum absolute atomic E-state index is 12.1. The van der Waals surface area contributed by atoms with E-state index in [9.17, 15) is 31.1 Å². The summed E-state index contributed by atoms with van der Waals surface area (Å²) in [6, 6.07) is -0.203. The molecule has 9 heteroatoms. The number of hydrogen-bond acceptors (Lipinski definition) is 2. The molecule has 0 amide bonds. The average molecular weight is 248 g/mol. The number of carboxylic acids is 1. The van der Waals surface area contributed by atoms with Crippen LogP contribution in [0.4, 0.5) is 26.3 Å². The van der Waals surface area contributed by atoms with Crippen molar-refractivity contribution >= 4 is 5.97 Å². The molecule has 1 N–H and O–H groups in total. The highest BCUT2D eigenvalue weighted by Gasteiger charge is 2.45. The summed E-state index contributed by atoms with van der Waals surface area (Å²) >= 11 is 0. The van der Waals surface area contributed by atoms with Crippen molar-refractivity contribution in [3.05, 3.63) is 23.2 Å². The Morgan fingerprint density at radius 2 is 1.62 bits per heavy atom. The zero-order valence-corrected chi connectivity index (χ0v) is 7.11. The number of hydrogen-bond donors (Lipinski definition) is 1. The van der Waals surface area contributed by atoms with E-state index in [0.717, 1.165) is 0 Å². The molecule has 0 atom stereocenters.